The zero-order valence-electron chi connectivity index (χ0n) is 12.0. The lowest BCUT2D eigenvalue weighted by molar-refractivity contribution is -0.115. The molecule has 3 aromatic rings. The second-order valence-corrected chi connectivity index (χ2v) is 6.03. The standard InChI is InChI=1S/C18H12N2O2S/c21-17-16(11-13-7-4-10-22-13)23-18(20-17)19-15-9-3-6-12-5-1-2-8-14(12)15/h1-11H,(H,19,20,21)/b16-11-. The van der Waals surface area contributed by atoms with E-state index in [1.807, 2.05) is 42.5 Å². The van der Waals surface area contributed by atoms with E-state index < -0.39 is 0 Å². The van der Waals surface area contributed by atoms with Crippen molar-refractivity contribution in [2.45, 2.75) is 0 Å². The van der Waals surface area contributed by atoms with E-state index in [1.54, 1.807) is 24.5 Å². The van der Waals surface area contributed by atoms with E-state index >= 15 is 0 Å². The van der Waals surface area contributed by atoms with Crippen LogP contribution in [0.1, 0.15) is 5.76 Å². The monoisotopic (exact) mass is 320 g/mol. The first kappa shape index (κ1) is 13.8. The Hall–Kier alpha value is -2.79. The van der Waals surface area contributed by atoms with Gasteiger partial charge in [-0.15, -0.1) is 0 Å². The average molecular weight is 320 g/mol. The lowest BCUT2D eigenvalue weighted by Crippen LogP contribution is -2.19. The van der Waals surface area contributed by atoms with E-state index in [4.69, 9.17) is 4.42 Å². The molecule has 0 bridgehead atoms. The highest BCUT2D eigenvalue weighted by Crippen LogP contribution is 2.31. The van der Waals surface area contributed by atoms with Gasteiger partial charge in [-0.25, -0.2) is 4.99 Å². The number of hydrogen-bond acceptors (Lipinski definition) is 4. The fraction of sp³-hybridized carbons (Fsp3) is 0. The normalized spacial score (nSPS) is 18.0. The number of nitrogens with one attached hydrogen (secondary N) is 1. The molecule has 0 atom stereocenters. The number of hydrogen-bond donors (Lipinski definition) is 1. The zero-order chi connectivity index (χ0) is 15.6. The van der Waals surface area contributed by atoms with E-state index in [9.17, 15) is 4.79 Å². The maximum Gasteiger partial charge on any atom is 0.264 e. The van der Waals surface area contributed by atoms with Crippen molar-refractivity contribution < 1.29 is 9.21 Å². The molecule has 1 aliphatic rings. The average Bonchev–Trinajstić information content (AvgIpc) is 3.19. The molecule has 1 N–H and O–H groups in total. The van der Waals surface area contributed by atoms with Gasteiger partial charge in [0.1, 0.15) is 5.76 Å². The summed E-state index contributed by atoms with van der Waals surface area (Å²) in [7, 11) is 0. The van der Waals surface area contributed by atoms with E-state index in [1.165, 1.54) is 11.8 Å². The quantitative estimate of drug-likeness (QED) is 0.715. The van der Waals surface area contributed by atoms with E-state index in [0.29, 0.717) is 15.8 Å². The maximum atomic E-state index is 12.0. The highest BCUT2D eigenvalue weighted by atomic mass is 32.2. The molecular weight excluding hydrogens is 308 g/mol. The van der Waals surface area contributed by atoms with Crippen molar-refractivity contribution in [2.75, 3.05) is 0 Å². The lowest BCUT2D eigenvalue weighted by Gasteiger charge is -2.02. The van der Waals surface area contributed by atoms with Gasteiger partial charge in [-0.1, -0.05) is 36.4 Å². The molecule has 5 heteroatoms. The minimum Gasteiger partial charge on any atom is -0.465 e. The third kappa shape index (κ3) is 2.78. The molecule has 0 unspecified atom stereocenters. The molecule has 4 nitrogen and oxygen atoms in total. The maximum absolute atomic E-state index is 12.0. The van der Waals surface area contributed by atoms with Gasteiger partial charge in [-0.05, 0) is 35.3 Å². The Kier molecular flexibility index (Phi) is 3.48. The van der Waals surface area contributed by atoms with Crippen molar-refractivity contribution in [1.82, 2.24) is 5.32 Å². The second kappa shape index (κ2) is 5.78. The number of aliphatic imine (C=N–C) groups is 1. The Morgan fingerprint density at radius 2 is 1.91 bits per heavy atom. The minimum atomic E-state index is -0.162. The molecular formula is C18H12N2O2S. The van der Waals surface area contributed by atoms with Crippen LogP contribution < -0.4 is 5.32 Å². The van der Waals surface area contributed by atoms with Crippen LogP contribution in [0, 0.1) is 0 Å². The van der Waals surface area contributed by atoms with Crippen LogP contribution in [0.4, 0.5) is 5.69 Å². The van der Waals surface area contributed by atoms with Crippen molar-refractivity contribution in [2.24, 2.45) is 4.99 Å². The molecule has 0 spiro atoms. The predicted octanol–water partition coefficient (Wildman–Crippen LogP) is 4.32. The fourth-order valence-electron chi connectivity index (χ4n) is 2.40. The van der Waals surface area contributed by atoms with E-state index in [0.717, 1.165) is 16.5 Å². The third-order valence-corrected chi connectivity index (χ3v) is 4.37. The molecule has 1 amide bonds. The molecule has 2 heterocycles. The van der Waals surface area contributed by atoms with Crippen molar-refractivity contribution in [3.05, 3.63) is 71.5 Å². The molecule has 4 rings (SSSR count). The summed E-state index contributed by atoms with van der Waals surface area (Å²) in [6, 6.07) is 17.6. The molecule has 2 aromatic carbocycles. The summed E-state index contributed by atoms with van der Waals surface area (Å²) >= 11 is 1.31. The Morgan fingerprint density at radius 3 is 2.78 bits per heavy atom. The first-order valence-electron chi connectivity index (χ1n) is 7.10. The summed E-state index contributed by atoms with van der Waals surface area (Å²) in [5, 5.41) is 5.54. The zero-order valence-corrected chi connectivity index (χ0v) is 12.8. The van der Waals surface area contributed by atoms with Gasteiger partial charge in [-0.2, -0.15) is 0 Å². The number of carbonyl (C=O) groups excluding carboxylic acids is 1. The topological polar surface area (TPSA) is 54.6 Å². The summed E-state index contributed by atoms with van der Waals surface area (Å²) in [6.45, 7) is 0. The number of carbonyl (C=O) groups is 1. The first-order chi connectivity index (χ1) is 11.3. The van der Waals surface area contributed by atoms with Gasteiger partial charge in [0.25, 0.3) is 5.91 Å². The Balaban J connectivity index is 1.68. The molecule has 1 aromatic heterocycles. The SMILES string of the molecule is O=C1NC(=Nc2cccc3ccccc23)S/C1=C\c1ccco1. The Labute approximate surface area is 136 Å². The van der Waals surface area contributed by atoms with Crippen molar-refractivity contribution >= 4 is 45.4 Å². The van der Waals surface area contributed by atoms with Crippen LogP contribution in [0.5, 0.6) is 0 Å². The summed E-state index contributed by atoms with van der Waals surface area (Å²) in [5.41, 5.74) is 0.838. The van der Waals surface area contributed by atoms with E-state index in [-0.39, 0.29) is 5.91 Å². The molecule has 0 radical (unpaired) electrons. The molecule has 23 heavy (non-hydrogen) atoms. The smallest absolute Gasteiger partial charge is 0.264 e. The van der Waals surface area contributed by atoms with Gasteiger partial charge in [0.2, 0.25) is 0 Å². The van der Waals surface area contributed by atoms with Crippen molar-refractivity contribution in [1.29, 1.82) is 0 Å². The fourth-order valence-corrected chi connectivity index (χ4v) is 3.21. The minimum absolute atomic E-state index is 0.162. The first-order valence-corrected chi connectivity index (χ1v) is 7.92. The number of amidine groups is 1. The van der Waals surface area contributed by atoms with E-state index in [2.05, 4.69) is 10.3 Å². The van der Waals surface area contributed by atoms with Gasteiger partial charge in [0.05, 0.1) is 16.9 Å². The van der Waals surface area contributed by atoms with Crippen LogP contribution in [-0.2, 0) is 4.79 Å². The second-order valence-electron chi connectivity index (χ2n) is 5.00. The van der Waals surface area contributed by atoms with Crippen LogP contribution in [0.15, 0.2) is 75.2 Å². The number of amides is 1. The van der Waals surface area contributed by atoms with Crippen molar-refractivity contribution in [3.63, 3.8) is 0 Å². The van der Waals surface area contributed by atoms with Gasteiger partial charge in [-0.3, -0.25) is 4.79 Å². The van der Waals surface area contributed by atoms with Crippen LogP contribution in [0.25, 0.3) is 16.8 Å². The lowest BCUT2D eigenvalue weighted by atomic mass is 10.1. The number of nitrogens with zero attached hydrogens (tertiary/aromatic N) is 1. The van der Waals surface area contributed by atoms with Crippen LogP contribution in [0.3, 0.4) is 0 Å². The third-order valence-electron chi connectivity index (χ3n) is 3.46. The van der Waals surface area contributed by atoms with Gasteiger partial charge >= 0.3 is 0 Å². The largest absolute Gasteiger partial charge is 0.465 e. The Morgan fingerprint density at radius 1 is 1.04 bits per heavy atom. The highest BCUT2D eigenvalue weighted by Gasteiger charge is 2.24. The van der Waals surface area contributed by atoms with Gasteiger partial charge in [0, 0.05) is 11.5 Å². The Bertz CT molecular complexity index is 937. The summed E-state index contributed by atoms with van der Waals surface area (Å²) in [4.78, 5) is 17.2. The van der Waals surface area contributed by atoms with Gasteiger partial charge in [0.15, 0.2) is 5.17 Å². The number of thioether (sulfide) groups is 1. The molecule has 0 saturated carbocycles. The summed E-state index contributed by atoms with van der Waals surface area (Å²) < 4.78 is 5.25. The van der Waals surface area contributed by atoms with Gasteiger partial charge < -0.3 is 9.73 Å². The highest BCUT2D eigenvalue weighted by molar-refractivity contribution is 8.18. The summed E-state index contributed by atoms with van der Waals surface area (Å²) in [5.74, 6) is 0.486. The predicted molar refractivity (Wildman–Crippen MR) is 93.5 cm³/mol. The molecule has 1 saturated heterocycles. The number of fused-ring (bicyclic) bond motifs is 1. The number of rotatable bonds is 2. The number of furan rings is 1. The molecule has 1 fully saturated rings. The van der Waals surface area contributed by atoms with Crippen LogP contribution in [0.2, 0.25) is 0 Å². The summed E-state index contributed by atoms with van der Waals surface area (Å²) in [6.07, 6.45) is 3.29. The number of benzene rings is 2. The molecule has 112 valence electrons. The van der Waals surface area contributed by atoms with Crippen LogP contribution in [-0.4, -0.2) is 11.1 Å². The van der Waals surface area contributed by atoms with Crippen molar-refractivity contribution in [3.8, 4) is 0 Å². The molecule has 0 aliphatic carbocycles. The molecule has 1 aliphatic heterocycles. The van der Waals surface area contributed by atoms with Crippen LogP contribution >= 0.6 is 11.8 Å².